The van der Waals surface area contributed by atoms with Gasteiger partial charge in [0, 0.05) is 30.7 Å². The van der Waals surface area contributed by atoms with Crippen LogP contribution in [0.25, 0.3) is 11.3 Å². The first kappa shape index (κ1) is 12.9. The molecule has 0 atom stereocenters. The average molecular weight is 270 g/mol. The summed E-state index contributed by atoms with van der Waals surface area (Å²) in [6.45, 7) is 1.20. The standard InChI is InChI=1S/C12H12F2N2OS/c1-17-5-4-15-12-16-11(7-18-12)9-3-2-8(13)6-10(9)14/h2-3,6-7H,4-5H2,1H3,(H,15,16). The van der Waals surface area contributed by atoms with Crippen molar-refractivity contribution in [3.05, 3.63) is 35.2 Å². The van der Waals surface area contributed by atoms with Crippen molar-refractivity contribution < 1.29 is 13.5 Å². The van der Waals surface area contributed by atoms with Crippen LogP contribution in [0.2, 0.25) is 0 Å². The number of benzene rings is 1. The molecule has 2 rings (SSSR count). The monoisotopic (exact) mass is 270 g/mol. The summed E-state index contributed by atoms with van der Waals surface area (Å²) in [7, 11) is 1.61. The van der Waals surface area contributed by atoms with Gasteiger partial charge in [0.1, 0.15) is 11.6 Å². The van der Waals surface area contributed by atoms with Crippen LogP contribution >= 0.6 is 11.3 Å². The van der Waals surface area contributed by atoms with E-state index in [9.17, 15) is 8.78 Å². The van der Waals surface area contributed by atoms with Gasteiger partial charge in [0.05, 0.1) is 12.3 Å². The molecule has 1 heterocycles. The Hall–Kier alpha value is -1.53. The Morgan fingerprint density at radius 1 is 1.39 bits per heavy atom. The summed E-state index contributed by atoms with van der Waals surface area (Å²) in [6, 6.07) is 3.46. The first-order valence-electron chi connectivity index (χ1n) is 5.34. The third kappa shape index (κ3) is 3.02. The maximum Gasteiger partial charge on any atom is 0.183 e. The highest BCUT2D eigenvalue weighted by molar-refractivity contribution is 7.14. The molecule has 6 heteroatoms. The Bertz CT molecular complexity index is 531. The molecule has 0 aliphatic carbocycles. The van der Waals surface area contributed by atoms with Gasteiger partial charge in [-0.1, -0.05) is 0 Å². The van der Waals surface area contributed by atoms with E-state index in [1.165, 1.54) is 23.5 Å². The number of ether oxygens (including phenoxy) is 1. The van der Waals surface area contributed by atoms with Gasteiger partial charge < -0.3 is 10.1 Å². The SMILES string of the molecule is COCCNc1nc(-c2ccc(F)cc2F)cs1. The van der Waals surface area contributed by atoms with Crippen LogP contribution < -0.4 is 5.32 Å². The summed E-state index contributed by atoms with van der Waals surface area (Å²) >= 11 is 1.37. The predicted octanol–water partition coefficient (Wildman–Crippen LogP) is 3.15. The lowest BCUT2D eigenvalue weighted by atomic mass is 10.1. The molecule has 0 fully saturated rings. The van der Waals surface area contributed by atoms with Crippen LogP contribution in [0.4, 0.5) is 13.9 Å². The lowest BCUT2D eigenvalue weighted by Crippen LogP contribution is -2.07. The molecule has 18 heavy (non-hydrogen) atoms. The maximum atomic E-state index is 13.5. The van der Waals surface area contributed by atoms with Gasteiger partial charge in [-0.2, -0.15) is 0 Å². The van der Waals surface area contributed by atoms with Crippen molar-refractivity contribution >= 4 is 16.5 Å². The van der Waals surface area contributed by atoms with Crippen LogP contribution in [-0.2, 0) is 4.74 Å². The number of rotatable bonds is 5. The van der Waals surface area contributed by atoms with Crippen LogP contribution in [0, 0.1) is 11.6 Å². The Morgan fingerprint density at radius 2 is 2.22 bits per heavy atom. The van der Waals surface area contributed by atoms with Gasteiger partial charge >= 0.3 is 0 Å². The molecule has 0 spiro atoms. The first-order valence-corrected chi connectivity index (χ1v) is 6.22. The Balaban J connectivity index is 2.13. The number of hydrogen-bond acceptors (Lipinski definition) is 4. The topological polar surface area (TPSA) is 34.1 Å². The first-order chi connectivity index (χ1) is 8.70. The van der Waals surface area contributed by atoms with Gasteiger partial charge in [0.25, 0.3) is 0 Å². The van der Waals surface area contributed by atoms with E-state index in [0.717, 1.165) is 6.07 Å². The van der Waals surface area contributed by atoms with Crippen molar-refractivity contribution in [3.63, 3.8) is 0 Å². The number of anilines is 1. The van der Waals surface area contributed by atoms with Crippen molar-refractivity contribution in [3.8, 4) is 11.3 Å². The molecule has 2 aromatic rings. The van der Waals surface area contributed by atoms with E-state index in [-0.39, 0.29) is 0 Å². The van der Waals surface area contributed by atoms with Crippen molar-refractivity contribution in [2.24, 2.45) is 0 Å². The second-order valence-electron chi connectivity index (χ2n) is 3.58. The largest absolute Gasteiger partial charge is 0.383 e. The molecule has 0 amide bonds. The van der Waals surface area contributed by atoms with Crippen molar-refractivity contribution in [2.45, 2.75) is 0 Å². The van der Waals surface area contributed by atoms with Crippen molar-refractivity contribution in [1.29, 1.82) is 0 Å². The minimum Gasteiger partial charge on any atom is -0.383 e. The van der Waals surface area contributed by atoms with Crippen LogP contribution in [0.1, 0.15) is 0 Å². The molecule has 96 valence electrons. The lowest BCUT2D eigenvalue weighted by Gasteiger charge is -2.01. The fraction of sp³-hybridized carbons (Fsp3) is 0.250. The normalized spacial score (nSPS) is 10.6. The molecule has 0 bridgehead atoms. The lowest BCUT2D eigenvalue weighted by molar-refractivity contribution is 0.211. The number of thiazole rings is 1. The van der Waals surface area contributed by atoms with Gasteiger partial charge in [-0.05, 0) is 12.1 Å². The van der Waals surface area contributed by atoms with Crippen molar-refractivity contribution in [2.75, 3.05) is 25.6 Å². The zero-order chi connectivity index (χ0) is 13.0. The molecule has 0 saturated heterocycles. The molecule has 0 saturated carbocycles. The zero-order valence-corrected chi connectivity index (χ0v) is 10.6. The highest BCUT2D eigenvalue weighted by atomic mass is 32.1. The molecule has 0 radical (unpaired) electrons. The molecule has 1 N–H and O–H groups in total. The number of aromatic nitrogens is 1. The van der Waals surface area contributed by atoms with E-state index < -0.39 is 11.6 Å². The molecular weight excluding hydrogens is 258 g/mol. The predicted molar refractivity (Wildman–Crippen MR) is 67.8 cm³/mol. The van der Waals surface area contributed by atoms with E-state index in [2.05, 4.69) is 10.3 Å². The second-order valence-corrected chi connectivity index (χ2v) is 4.44. The van der Waals surface area contributed by atoms with E-state index in [4.69, 9.17) is 4.74 Å². The molecule has 1 aromatic heterocycles. The van der Waals surface area contributed by atoms with E-state index >= 15 is 0 Å². The van der Waals surface area contributed by atoms with Gasteiger partial charge in [0.2, 0.25) is 0 Å². The minimum absolute atomic E-state index is 0.299. The Morgan fingerprint density at radius 3 is 2.94 bits per heavy atom. The summed E-state index contributed by atoms with van der Waals surface area (Å²) in [5.74, 6) is -1.20. The number of methoxy groups -OCH3 is 1. The average Bonchev–Trinajstić information content (AvgIpc) is 2.78. The third-order valence-corrected chi connectivity index (χ3v) is 3.09. The Kier molecular flexibility index (Phi) is 4.22. The third-order valence-electron chi connectivity index (χ3n) is 2.29. The van der Waals surface area contributed by atoms with Gasteiger partial charge in [-0.25, -0.2) is 13.8 Å². The summed E-state index contributed by atoms with van der Waals surface area (Å²) in [4.78, 5) is 4.23. The summed E-state index contributed by atoms with van der Waals surface area (Å²) in [6.07, 6.45) is 0. The number of hydrogen-bond donors (Lipinski definition) is 1. The molecule has 1 aromatic carbocycles. The minimum atomic E-state index is -0.608. The summed E-state index contributed by atoms with van der Waals surface area (Å²) in [5.41, 5.74) is 0.796. The fourth-order valence-electron chi connectivity index (χ4n) is 1.44. The quantitative estimate of drug-likeness (QED) is 0.847. The van der Waals surface area contributed by atoms with Gasteiger partial charge in [0.15, 0.2) is 5.13 Å². The van der Waals surface area contributed by atoms with Crippen molar-refractivity contribution in [1.82, 2.24) is 4.98 Å². The molecular formula is C12H12F2N2OS. The maximum absolute atomic E-state index is 13.5. The Labute approximate surface area is 107 Å². The van der Waals surface area contributed by atoms with E-state index in [1.807, 2.05) is 0 Å². The highest BCUT2D eigenvalue weighted by Crippen LogP contribution is 2.27. The smallest absolute Gasteiger partial charge is 0.183 e. The molecule has 0 unspecified atom stereocenters. The highest BCUT2D eigenvalue weighted by Gasteiger charge is 2.10. The molecule has 0 aliphatic heterocycles. The van der Waals surface area contributed by atoms with Gasteiger partial charge in [-0.15, -0.1) is 11.3 Å². The van der Waals surface area contributed by atoms with Crippen LogP contribution in [0.15, 0.2) is 23.6 Å². The van der Waals surface area contributed by atoms with E-state index in [0.29, 0.717) is 29.5 Å². The molecule has 0 aliphatic rings. The molecule has 3 nitrogen and oxygen atoms in total. The van der Waals surface area contributed by atoms with Gasteiger partial charge in [-0.3, -0.25) is 0 Å². The fourth-order valence-corrected chi connectivity index (χ4v) is 2.18. The summed E-state index contributed by atoms with van der Waals surface area (Å²) in [5, 5.41) is 5.47. The van der Waals surface area contributed by atoms with Crippen LogP contribution in [0.5, 0.6) is 0 Å². The number of nitrogens with zero attached hydrogens (tertiary/aromatic N) is 1. The zero-order valence-electron chi connectivity index (χ0n) is 9.74. The van der Waals surface area contributed by atoms with Crippen LogP contribution in [-0.4, -0.2) is 25.2 Å². The number of nitrogens with one attached hydrogen (secondary N) is 1. The van der Waals surface area contributed by atoms with Crippen LogP contribution in [0.3, 0.4) is 0 Å². The van der Waals surface area contributed by atoms with E-state index in [1.54, 1.807) is 12.5 Å². The summed E-state index contributed by atoms with van der Waals surface area (Å²) < 4.78 is 31.2. The number of halogens is 2. The second kappa shape index (κ2) is 5.88.